The number of amides is 1. The van der Waals surface area contributed by atoms with E-state index in [-0.39, 0.29) is 19.1 Å². The van der Waals surface area contributed by atoms with E-state index in [2.05, 4.69) is 30.9 Å². The first-order valence-electron chi connectivity index (χ1n) is 4.30. The minimum absolute atomic E-state index is 0.197. The first kappa shape index (κ1) is 13.3. The van der Waals surface area contributed by atoms with Gasteiger partial charge >= 0.3 is 6.09 Å². The van der Waals surface area contributed by atoms with E-state index >= 15 is 0 Å². The van der Waals surface area contributed by atoms with E-state index in [0.717, 1.165) is 11.2 Å². The zero-order valence-electron chi connectivity index (χ0n) is 8.38. The highest BCUT2D eigenvalue weighted by atomic mass is 79.9. The fourth-order valence-corrected chi connectivity index (χ4v) is 2.06. The number of carboxylic acid groups (broad SMARTS) is 1. The van der Waals surface area contributed by atoms with Crippen molar-refractivity contribution < 1.29 is 22.5 Å². The standard InChI is InChI=1S/C8H10BrNO5S/c1-16(13,14)15-5-7-6(2-3-9)4-10(7)8(11)12/h6-7H,4-5H2,1H3,(H,11,12)/t6-,7+/m0/s1. The molecule has 1 heterocycles. The molecular formula is C8H10BrNO5S. The van der Waals surface area contributed by atoms with Crippen molar-refractivity contribution in [2.45, 2.75) is 6.04 Å². The van der Waals surface area contributed by atoms with E-state index in [4.69, 9.17) is 5.11 Å². The van der Waals surface area contributed by atoms with E-state index in [1.54, 1.807) is 0 Å². The number of rotatable bonds is 3. The van der Waals surface area contributed by atoms with Crippen molar-refractivity contribution in [2.24, 2.45) is 5.92 Å². The Bertz CT molecular complexity index is 437. The summed E-state index contributed by atoms with van der Waals surface area (Å²) in [5.41, 5.74) is 0. The Kier molecular flexibility index (Phi) is 4.18. The van der Waals surface area contributed by atoms with Crippen LogP contribution in [0.4, 0.5) is 4.79 Å². The van der Waals surface area contributed by atoms with E-state index in [0.29, 0.717) is 0 Å². The van der Waals surface area contributed by atoms with Gasteiger partial charge in [-0.25, -0.2) is 4.79 Å². The minimum atomic E-state index is -3.56. The van der Waals surface area contributed by atoms with Gasteiger partial charge in [-0.3, -0.25) is 4.18 Å². The fraction of sp³-hybridized carbons (Fsp3) is 0.625. The monoisotopic (exact) mass is 311 g/mol. The van der Waals surface area contributed by atoms with Crippen LogP contribution in [0, 0.1) is 16.7 Å². The van der Waals surface area contributed by atoms with Crippen LogP contribution in [-0.4, -0.2) is 50.0 Å². The molecule has 0 saturated carbocycles. The van der Waals surface area contributed by atoms with Crippen LogP contribution >= 0.6 is 15.9 Å². The van der Waals surface area contributed by atoms with E-state index in [1.165, 1.54) is 0 Å². The van der Waals surface area contributed by atoms with Gasteiger partial charge in [0.2, 0.25) is 0 Å². The number of halogens is 1. The molecule has 0 aromatic carbocycles. The molecule has 90 valence electrons. The second kappa shape index (κ2) is 5.03. The highest BCUT2D eigenvalue weighted by Crippen LogP contribution is 2.25. The molecule has 1 aliphatic heterocycles. The summed E-state index contributed by atoms with van der Waals surface area (Å²) < 4.78 is 26.1. The Morgan fingerprint density at radius 2 is 2.31 bits per heavy atom. The normalized spacial score (nSPS) is 24.2. The van der Waals surface area contributed by atoms with Crippen LogP contribution in [-0.2, 0) is 14.3 Å². The van der Waals surface area contributed by atoms with Crippen LogP contribution in [0.3, 0.4) is 0 Å². The van der Waals surface area contributed by atoms with Crippen molar-refractivity contribution in [3.05, 3.63) is 0 Å². The van der Waals surface area contributed by atoms with Gasteiger partial charge in [0.15, 0.2) is 0 Å². The number of carbonyl (C=O) groups is 1. The van der Waals surface area contributed by atoms with Crippen molar-refractivity contribution in [2.75, 3.05) is 19.4 Å². The molecule has 0 spiro atoms. The fourth-order valence-electron chi connectivity index (χ4n) is 1.38. The lowest BCUT2D eigenvalue weighted by Crippen LogP contribution is -2.59. The molecule has 1 amide bonds. The van der Waals surface area contributed by atoms with Crippen molar-refractivity contribution >= 4 is 32.1 Å². The largest absolute Gasteiger partial charge is 0.465 e. The first-order chi connectivity index (χ1) is 7.35. The van der Waals surface area contributed by atoms with Crippen LogP contribution in [0.15, 0.2) is 0 Å². The number of hydrogen-bond donors (Lipinski definition) is 1. The maximum absolute atomic E-state index is 10.8. The van der Waals surface area contributed by atoms with Crippen molar-refractivity contribution in [1.29, 1.82) is 0 Å². The molecule has 2 atom stereocenters. The van der Waals surface area contributed by atoms with Crippen molar-refractivity contribution in [1.82, 2.24) is 4.90 Å². The maximum Gasteiger partial charge on any atom is 0.407 e. The van der Waals surface area contributed by atoms with Gasteiger partial charge in [-0.1, -0.05) is 5.92 Å². The topological polar surface area (TPSA) is 83.9 Å². The molecular weight excluding hydrogens is 302 g/mol. The Morgan fingerprint density at radius 3 is 2.75 bits per heavy atom. The lowest BCUT2D eigenvalue weighted by atomic mass is 9.90. The molecule has 0 bridgehead atoms. The van der Waals surface area contributed by atoms with E-state index < -0.39 is 22.3 Å². The van der Waals surface area contributed by atoms with Gasteiger partial charge in [-0.2, -0.15) is 8.42 Å². The molecule has 1 saturated heterocycles. The molecule has 0 aliphatic carbocycles. The molecule has 1 rings (SSSR count). The quantitative estimate of drug-likeness (QED) is 0.598. The van der Waals surface area contributed by atoms with Gasteiger partial charge in [0.05, 0.1) is 24.8 Å². The van der Waals surface area contributed by atoms with Gasteiger partial charge in [0.1, 0.15) is 0 Å². The van der Waals surface area contributed by atoms with E-state index in [9.17, 15) is 13.2 Å². The minimum Gasteiger partial charge on any atom is -0.465 e. The summed E-state index contributed by atoms with van der Waals surface area (Å²) in [5, 5.41) is 8.78. The zero-order valence-corrected chi connectivity index (χ0v) is 10.8. The Morgan fingerprint density at radius 1 is 1.69 bits per heavy atom. The summed E-state index contributed by atoms with van der Waals surface area (Å²) in [6.45, 7) is 0.0726. The van der Waals surface area contributed by atoms with Gasteiger partial charge in [0, 0.05) is 22.5 Å². The second-order valence-electron chi connectivity index (χ2n) is 3.34. The van der Waals surface area contributed by atoms with Crippen LogP contribution < -0.4 is 0 Å². The summed E-state index contributed by atoms with van der Waals surface area (Å²) in [6, 6.07) is -0.530. The molecule has 0 aromatic heterocycles. The second-order valence-corrected chi connectivity index (χ2v) is 5.38. The predicted molar refractivity (Wildman–Crippen MR) is 59.5 cm³/mol. The third-order valence-corrected chi connectivity index (χ3v) is 2.99. The first-order valence-corrected chi connectivity index (χ1v) is 6.91. The third kappa shape index (κ3) is 3.37. The Hall–Kier alpha value is -0.780. The van der Waals surface area contributed by atoms with Gasteiger partial charge in [-0.15, -0.1) is 0 Å². The summed E-state index contributed by atoms with van der Waals surface area (Å²) in [7, 11) is -3.56. The Labute approximate surface area is 102 Å². The van der Waals surface area contributed by atoms with Gasteiger partial charge in [-0.05, 0) is 4.83 Å². The zero-order chi connectivity index (χ0) is 12.3. The maximum atomic E-state index is 10.8. The molecule has 0 radical (unpaired) electrons. The van der Waals surface area contributed by atoms with Crippen molar-refractivity contribution in [3.63, 3.8) is 0 Å². The lowest BCUT2D eigenvalue weighted by Gasteiger charge is -2.43. The van der Waals surface area contributed by atoms with Gasteiger partial charge in [0.25, 0.3) is 10.1 Å². The van der Waals surface area contributed by atoms with Gasteiger partial charge < -0.3 is 10.0 Å². The van der Waals surface area contributed by atoms with E-state index in [1.807, 2.05) is 0 Å². The molecule has 1 N–H and O–H groups in total. The summed E-state index contributed by atoms with van der Waals surface area (Å²) in [6.07, 6.45) is -0.184. The predicted octanol–water partition coefficient (Wildman–Crippen LogP) is 0.297. The molecule has 0 aromatic rings. The highest BCUT2D eigenvalue weighted by Gasteiger charge is 2.41. The summed E-state index contributed by atoms with van der Waals surface area (Å²) >= 11 is 2.91. The van der Waals surface area contributed by atoms with Crippen LogP contribution in [0.25, 0.3) is 0 Å². The van der Waals surface area contributed by atoms with Crippen LogP contribution in [0.1, 0.15) is 0 Å². The number of likely N-dealkylation sites (tertiary alicyclic amines) is 1. The van der Waals surface area contributed by atoms with Crippen molar-refractivity contribution in [3.8, 4) is 10.8 Å². The molecule has 1 fully saturated rings. The number of hydrogen-bond acceptors (Lipinski definition) is 4. The van der Waals surface area contributed by atoms with Crippen LogP contribution in [0.5, 0.6) is 0 Å². The average Bonchev–Trinajstić information content (AvgIpc) is 2.08. The summed E-state index contributed by atoms with van der Waals surface area (Å²) in [4.78, 5) is 14.3. The smallest absolute Gasteiger partial charge is 0.407 e. The Balaban J connectivity index is 2.63. The number of nitrogens with zero attached hydrogens (tertiary/aromatic N) is 1. The molecule has 0 unspecified atom stereocenters. The molecule has 8 heteroatoms. The molecule has 6 nitrogen and oxygen atoms in total. The van der Waals surface area contributed by atoms with Crippen LogP contribution in [0.2, 0.25) is 0 Å². The average molecular weight is 312 g/mol. The highest BCUT2D eigenvalue weighted by molar-refractivity contribution is 9.12. The molecule has 1 aliphatic rings. The lowest BCUT2D eigenvalue weighted by molar-refractivity contribution is 0.0232. The third-order valence-electron chi connectivity index (χ3n) is 2.20. The SMILES string of the molecule is CS(=O)(=O)OC[C@@H]1[C@@H](C#CBr)CN1C(=O)O. The molecule has 16 heavy (non-hydrogen) atoms. The summed E-state index contributed by atoms with van der Waals surface area (Å²) in [5.74, 6) is 2.54.